The van der Waals surface area contributed by atoms with E-state index in [2.05, 4.69) is 24.7 Å². The van der Waals surface area contributed by atoms with Gasteiger partial charge in [-0.15, -0.1) is 0 Å². The van der Waals surface area contributed by atoms with Crippen molar-refractivity contribution in [3.63, 3.8) is 0 Å². The molecule has 0 unspecified atom stereocenters. The molecule has 1 N–H and O–H groups in total. The summed E-state index contributed by atoms with van der Waals surface area (Å²) in [5.41, 5.74) is 4.95. The largest absolute Gasteiger partial charge is 0.507 e. The third kappa shape index (κ3) is 5.75. The van der Waals surface area contributed by atoms with E-state index in [1.807, 2.05) is 0 Å². The van der Waals surface area contributed by atoms with Crippen LogP contribution < -0.4 is 0 Å². The zero-order valence-corrected chi connectivity index (χ0v) is 16.9. The van der Waals surface area contributed by atoms with E-state index in [0.717, 1.165) is 37.7 Å². The maximum absolute atomic E-state index is 11.1. The highest BCUT2D eigenvalue weighted by Crippen LogP contribution is 2.40. The fourth-order valence-corrected chi connectivity index (χ4v) is 4.36. The Labute approximate surface area is 159 Å². The second kappa shape index (κ2) is 10.6. The highest BCUT2D eigenvalue weighted by molar-refractivity contribution is 5.68. The molecule has 0 bridgehead atoms. The number of hydrogen-bond acceptors (Lipinski definition) is 3. The molecule has 3 heteroatoms. The number of rotatable bonds is 9. The van der Waals surface area contributed by atoms with Crippen molar-refractivity contribution in [1.29, 1.82) is 0 Å². The molecule has 0 aromatic heterocycles. The first-order chi connectivity index (χ1) is 12.5. The van der Waals surface area contributed by atoms with Crippen molar-refractivity contribution < 1.29 is 14.6 Å². The number of aromatic hydroxyl groups is 1. The lowest BCUT2D eigenvalue weighted by Gasteiger charge is -2.25. The Morgan fingerprint density at radius 2 is 1.73 bits per heavy atom. The number of carbonyl (C=O) groups excluding carboxylic acids is 1. The summed E-state index contributed by atoms with van der Waals surface area (Å²) >= 11 is 0. The van der Waals surface area contributed by atoms with Gasteiger partial charge in [0.2, 0.25) is 0 Å². The molecule has 1 saturated carbocycles. The average molecular weight is 361 g/mol. The third-order valence-corrected chi connectivity index (χ3v) is 6.01. The number of esters is 1. The molecule has 0 saturated heterocycles. The molecule has 0 radical (unpaired) electrons. The van der Waals surface area contributed by atoms with E-state index in [0.29, 0.717) is 18.1 Å². The molecule has 3 nitrogen and oxygen atoms in total. The van der Waals surface area contributed by atoms with Gasteiger partial charge >= 0.3 is 5.97 Å². The zero-order valence-electron chi connectivity index (χ0n) is 16.9. The van der Waals surface area contributed by atoms with Crippen LogP contribution in [0, 0.1) is 13.8 Å². The molecule has 0 aliphatic heterocycles. The minimum Gasteiger partial charge on any atom is -0.507 e. The van der Waals surface area contributed by atoms with E-state index in [4.69, 9.17) is 0 Å². The molecule has 146 valence electrons. The van der Waals surface area contributed by atoms with E-state index in [1.165, 1.54) is 62.3 Å². The molecule has 1 aliphatic carbocycles. The van der Waals surface area contributed by atoms with Gasteiger partial charge in [0.05, 0.1) is 7.11 Å². The Balaban J connectivity index is 1.84. The van der Waals surface area contributed by atoms with Crippen LogP contribution in [0.25, 0.3) is 0 Å². The van der Waals surface area contributed by atoms with Crippen LogP contribution in [0.3, 0.4) is 0 Å². The third-order valence-electron chi connectivity index (χ3n) is 6.01. The average Bonchev–Trinajstić information content (AvgIpc) is 2.66. The van der Waals surface area contributed by atoms with Crippen molar-refractivity contribution in [2.75, 3.05) is 7.11 Å². The van der Waals surface area contributed by atoms with Gasteiger partial charge in [0.1, 0.15) is 5.75 Å². The Morgan fingerprint density at radius 1 is 1.08 bits per heavy atom. The standard InChI is InChI=1S/C23H36O3/c1-17-16-21(19-12-8-7-9-13-19)23(25)18(2)20(17)14-10-5-4-6-11-15-22(24)26-3/h16,19,25H,4-15H2,1-3H3. The van der Waals surface area contributed by atoms with E-state index >= 15 is 0 Å². The number of carbonyl (C=O) groups is 1. The maximum Gasteiger partial charge on any atom is 0.305 e. The Kier molecular flexibility index (Phi) is 8.47. The van der Waals surface area contributed by atoms with Crippen molar-refractivity contribution >= 4 is 5.97 Å². The smallest absolute Gasteiger partial charge is 0.305 e. The summed E-state index contributed by atoms with van der Waals surface area (Å²) in [5.74, 6) is 0.991. The maximum atomic E-state index is 11.1. The monoisotopic (exact) mass is 360 g/mol. The molecule has 26 heavy (non-hydrogen) atoms. The van der Waals surface area contributed by atoms with Crippen molar-refractivity contribution in [2.24, 2.45) is 0 Å². The summed E-state index contributed by atoms with van der Waals surface area (Å²) in [6, 6.07) is 2.25. The van der Waals surface area contributed by atoms with Gasteiger partial charge in [-0.1, -0.05) is 44.6 Å². The summed E-state index contributed by atoms with van der Waals surface area (Å²) in [5, 5.41) is 10.8. The summed E-state index contributed by atoms with van der Waals surface area (Å²) in [4.78, 5) is 11.1. The lowest BCUT2D eigenvalue weighted by Crippen LogP contribution is -2.07. The molecule has 1 aliphatic rings. The number of phenols is 1. The number of aryl methyl sites for hydroxylation is 1. The summed E-state index contributed by atoms with van der Waals surface area (Å²) < 4.78 is 4.66. The quantitative estimate of drug-likeness (QED) is 0.427. The SMILES string of the molecule is COC(=O)CCCCCCCc1c(C)cc(C2CCCCC2)c(O)c1C. The zero-order chi connectivity index (χ0) is 18.9. The number of hydrogen-bond donors (Lipinski definition) is 1. The first kappa shape index (κ1) is 20.8. The number of ether oxygens (including phenoxy) is 1. The van der Waals surface area contributed by atoms with Crippen molar-refractivity contribution in [1.82, 2.24) is 0 Å². The van der Waals surface area contributed by atoms with Crippen LogP contribution in [0.2, 0.25) is 0 Å². The Morgan fingerprint density at radius 3 is 2.42 bits per heavy atom. The minimum atomic E-state index is -0.107. The van der Waals surface area contributed by atoms with Gasteiger partial charge in [0.25, 0.3) is 0 Å². The first-order valence-corrected chi connectivity index (χ1v) is 10.4. The molecule has 0 atom stereocenters. The predicted molar refractivity (Wildman–Crippen MR) is 107 cm³/mol. The first-order valence-electron chi connectivity index (χ1n) is 10.4. The normalized spacial score (nSPS) is 15.2. The molecule has 0 amide bonds. The van der Waals surface area contributed by atoms with Crippen LogP contribution in [-0.2, 0) is 16.0 Å². The predicted octanol–water partition coefficient (Wildman–Crippen LogP) is 6.11. The number of unbranched alkanes of at least 4 members (excludes halogenated alkanes) is 4. The molecule has 2 rings (SSSR count). The lowest BCUT2D eigenvalue weighted by molar-refractivity contribution is -0.140. The van der Waals surface area contributed by atoms with Crippen LogP contribution in [0.5, 0.6) is 5.75 Å². The molecular weight excluding hydrogens is 324 g/mol. The van der Waals surface area contributed by atoms with Crippen molar-refractivity contribution in [3.8, 4) is 5.75 Å². The van der Waals surface area contributed by atoms with Crippen LogP contribution in [0.4, 0.5) is 0 Å². The molecule has 1 fully saturated rings. The Hall–Kier alpha value is -1.51. The second-order valence-corrected chi connectivity index (χ2v) is 7.91. The van der Waals surface area contributed by atoms with Gasteiger partial charge in [-0.3, -0.25) is 4.79 Å². The van der Waals surface area contributed by atoms with Gasteiger partial charge in [-0.25, -0.2) is 0 Å². The van der Waals surface area contributed by atoms with Gasteiger partial charge in [-0.05, 0) is 74.1 Å². The minimum absolute atomic E-state index is 0.107. The van der Waals surface area contributed by atoms with Gasteiger partial charge in [-0.2, -0.15) is 0 Å². The van der Waals surface area contributed by atoms with Crippen molar-refractivity contribution in [3.05, 3.63) is 28.3 Å². The van der Waals surface area contributed by atoms with Gasteiger partial charge in [0, 0.05) is 6.42 Å². The number of phenolic OH excluding ortho intramolecular Hbond substituents is 1. The van der Waals surface area contributed by atoms with Crippen molar-refractivity contribution in [2.45, 2.75) is 96.8 Å². The fraction of sp³-hybridized carbons (Fsp3) is 0.696. The highest BCUT2D eigenvalue weighted by atomic mass is 16.5. The van der Waals surface area contributed by atoms with Crippen LogP contribution in [0.15, 0.2) is 6.07 Å². The highest BCUT2D eigenvalue weighted by Gasteiger charge is 2.21. The van der Waals surface area contributed by atoms with E-state index in [-0.39, 0.29) is 5.97 Å². The summed E-state index contributed by atoms with van der Waals surface area (Å²) in [6.45, 7) is 4.28. The number of methoxy groups -OCH3 is 1. The number of benzene rings is 1. The van der Waals surface area contributed by atoms with Crippen LogP contribution in [-0.4, -0.2) is 18.2 Å². The van der Waals surface area contributed by atoms with Gasteiger partial charge in [0.15, 0.2) is 0 Å². The van der Waals surface area contributed by atoms with Gasteiger partial charge < -0.3 is 9.84 Å². The summed E-state index contributed by atoms with van der Waals surface area (Å²) in [7, 11) is 1.45. The molecule has 0 spiro atoms. The molecular formula is C23H36O3. The molecule has 1 aromatic rings. The van der Waals surface area contributed by atoms with Crippen LogP contribution >= 0.6 is 0 Å². The summed E-state index contributed by atoms with van der Waals surface area (Å²) in [6.07, 6.45) is 13.4. The van der Waals surface area contributed by atoms with E-state index < -0.39 is 0 Å². The topological polar surface area (TPSA) is 46.5 Å². The molecule has 0 heterocycles. The van der Waals surface area contributed by atoms with E-state index in [9.17, 15) is 9.90 Å². The second-order valence-electron chi connectivity index (χ2n) is 7.91. The molecule has 1 aromatic carbocycles. The van der Waals surface area contributed by atoms with Crippen LogP contribution in [0.1, 0.15) is 98.8 Å². The fourth-order valence-electron chi connectivity index (χ4n) is 4.36. The Bertz CT molecular complexity index is 586. The lowest BCUT2D eigenvalue weighted by atomic mass is 9.81. The van der Waals surface area contributed by atoms with E-state index in [1.54, 1.807) is 0 Å².